The number of aromatic carboxylic acids is 1. The first-order valence-electron chi connectivity index (χ1n) is 16.2. The van der Waals surface area contributed by atoms with Crippen molar-refractivity contribution in [3.8, 4) is 22.9 Å². The van der Waals surface area contributed by atoms with E-state index in [0.717, 1.165) is 77.5 Å². The Bertz CT molecular complexity index is 1870. The van der Waals surface area contributed by atoms with Crippen molar-refractivity contribution in [2.45, 2.75) is 73.1 Å². The third-order valence-electron chi connectivity index (χ3n) is 8.50. The van der Waals surface area contributed by atoms with Gasteiger partial charge in [-0.15, -0.1) is 0 Å². The van der Waals surface area contributed by atoms with Crippen molar-refractivity contribution in [1.82, 2.24) is 19.1 Å². The summed E-state index contributed by atoms with van der Waals surface area (Å²) in [6.45, 7) is 10.9. The monoisotopic (exact) mass is 840 g/mol. The summed E-state index contributed by atoms with van der Waals surface area (Å²) >= 11 is 6.93. The minimum absolute atomic E-state index is 0. The zero-order valence-electron chi connectivity index (χ0n) is 29.9. The summed E-state index contributed by atoms with van der Waals surface area (Å²) in [6, 6.07) is 8.46. The number of carboxylic acid groups (broad SMARTS) is 1. The summed E-state index contributed by atoms with van der Waals surface area (Å²) in [5.74, 6) is 1.51. The first-order chi connectivity index (χ1) is 22.9. The molecule has 2 aliphatic rings. The molecule has 4 aromatic rings. The van der Waals surface area contributed by atoms with Crippen LogP contribution >= 0.6 is 31.9 Å². The number of aryl methyl sites for hydroxylation is 2. The number of imidazole rings is 2. The van der Waals surface area contributed by atoms with Crippen molar-refractivity contribution >= 4 is 43.8 Å². The van der Waals surface area contributed by atoms with Crippen LogP contribution in [-0.2, 0) is 43.3 Å². The fourth-order valence-electron chi connectivity index (χ4n) is 6.54. The topological polar surface area (TPSA) is 148 Å². The summed E-state index contributed by atoms with van der Waals surface area (Å²) in [6.07, 6.45) is 4.86. The van der Waals surface area contributed by atoms with Gasteiger partial charge in [0.25, 0.3) is 0 Å². The van der Waals surface area contributed by atoms with Gasteiger partial charge in [0.15, 0.2) is 20.9 Å². The number of hydrogen-bond donors (Lipinski definition) is 1. The Kier molecular flexibility index (Phi) is 15.4. The molecule has 11 nitrogen and oxygen atoms in total. The van der Waals surface area contributed by atoms with Crippen LogP contribution in [0.3, 0.4) is 0 Å². The zero-order valence-corrected chi connectivity index (χ0v) is 36.2. The quantitative estimate of drug-likeness (QED) is 0.189. The van der Waals surface area contributed by atoms with Crippen LogP contribution in [0, 0.1) is 11.8 Å². The Morgan fingerprint density at radius 1 is 0.780 bits per heavy atom. The van der Waals surface area contributed by atoms with Gasteiger partial charge in [0.1, 0.15) is 11.5 Å². The van der Waals surface area contributed by atoms with E-state index in [1.807, 2.05) is 9.13 Å². The van der Waals surface area contributed by atoms with Gasteiger partial charge in [0, 0.05) is 0 Å². The van der Waals surface area contributed by atoms with Gasteiger partial charge in [-0.05, 0) is 136 Å². The molecular weight excluding hydrogens is 799 g/mol. The van der Waals surface area contributed by atoms with Crippen molar-refractivity contribution in [3.05, 3.63) is 78.8 Å². The van der Waals surface area contributed by atoms with Crippen molar-refractivity contribution in [2.24, 2.45) is 11.8 Å². The van der Waals surface area contributed by atoms with E-state index in [-0.39, 0.29) is 68.5 Å². The van der Waals surface area contributed by atoms with Crippen LogP contribution in [-0.4, -0.2) is 62.4 Å². The first-order valence-corrected chi connectivity index (χ1v) is 17.8. The van der Waals surface area contributed by atoms with Gasteiger partial charge in [-0.3, -0.25) is 9.13 Å². The van der Waals surface area contributed by atoms with Crippen LogP contribution in [0.5, 0.6) is 11.5 Å². The van der Waals surface area contributed by atoms with Crippen LogP contribution in [0.1, 0.15) is 89.2 Å². The second kappa shape index (κ2) is 18.1. The van der Waals surface area contributed by atoms with Gasteiger partial charge in [-0.2, -0.15) is 0 Å². The van der Waals surface area contributed by atoms with Crippen LogP contribution < -0.4 is 60.9 Å². The normalized spacial score (nSPS) is 12.3. The van der Waals surface area contributed by atoms with Gasteiger partial charge >= 0.3 is 63.3 Å². The number of esters is 1. The molecule has 0 atom stereocenters. The number of nitrogens with zero attached hydrogens (tertiary/aromatic N) is 4. The van der Waals surface area contributed by atoms with Crippen LogP contribution in [0.15, 0.2) is 33.7 Å². The molecule has 50 heavy (non-hydrogen) atoms. The molecule has 2 aromatic carbocycles. The number of benzene rings is 2. The minimum Gasteiger partial charge on any atom is -0.870 e. The maximum absolute atomic E-state index is 12.2. The second-order valence-electron chi connectivity index (χ2n) is 12.8. The van der Waals surface area contributed by atoms with E-state index in [0.29, 0.717) is 40.0 Å². The molecule has 0 bridgehead atoms. The van der Waals surface area contributed by atoms with Gasteiger partial charge in [-0.1, -0.05) is 27.7 Å². The Hall–Kier alpha value is -2.04. The average molecular weight is 843 g/mol. The Balaban J connectivity index is 0.000000261. The van der Waals surface area contributed by atoms with Crippen LogP contribution in [0.4, 0.5) is 0 Å². The van der Waals surface area contributed by atoms with E-state index in [9.17, 15) is 14.7 Å². The Morgan fingerprint density at radius 2 is 1.20 bits per heavy atom. The second-order valence-corrected chi connectivity index (χ2v) is 14.2. The number of carbonyl (C=O) groups excluding carboxylic acids is 1. The third kappa shape index (κ3) is 8.76. The molecule has 4 heterocycles. The summed E-state index contributed by atoms with van der Waals surface area (Å²) in [5.41, 5.74) is 8.89. The largest absolute Gasteiger partial charge is 1.00 e. The van der Waals surface area contributed by atoms with E-state index >= 15 is 0 Å². The molecule has 2 N–H and O–H groups in total. The zero-order chi connectivity index (χ0) is 34.9. The number of fused-ring (bicyclic) bond motifs is 6. The van der Waals surface area contributed by atoms with Crippen LogP contribution in [0.25, 0.3) is 11.4 Å². The number of aromatic nitrogens is 4. The van der Waals surface area contributed by atoms with E-state index in [1.165, 1.54) is 11.1 Å². The van der Waals surface area contributed by atoms with Crippen molar-refractivity contribution in [2.75, 3.05) is 20.8 Å². The maximum Gasteiger partial charge on any atom is 1.00 e. The first kappa shape index (κ1) is 42.4. The SMILES string of the molecule is CCOC(=O)c1nc(Br)n2c1CCc1cc(OC)c(CC(C)C)cc1-2.COc1cc2c(cc1CC(C)C)-n1c(Br)nc(C(=O)O)c1CC2.[K+].[OH-]. The van der Waals surface area contributed by atoms with Crippen molar-refractivity contribution in [3.63, 3.8) is 0 Å². The molecule has 0 aliphatic carbocycles. The number of hydrogen-bond acceptors (Lipinski definition) is 8. The summed E-state index contributed by atoms with van der Waals surface area (Å²) in [4.78, 5) is 32.2. The molecule has 264 valence electrons. The van der Waals surface area contributed by atoms with Crippen LogP contribution in [0.2, 0.25) is 0 Å². The molecular formula is C36H43Br2KN4O7. The molecule has 0 spiro atoms. The van der Waals surface area contributed by atoms with E-state index in [2.05, 4.69) is 93.8 Å². The fourth-order valence-corrected chi connectivity index (χ4v) is 7.71. The molecule has 0 fully saturated rings. The maximum atomic E-state index is 12.2. The molecule has 6 rings (SSSR count). The summed E-state index contributed by atoms with van der Waals surface area (Å²) in [7, 11) is 3.40. The average Bonchev–Trinajstić information content (AvgIpc) is 3.57. The molecule has 2 aromatic heterocycles. The standard InChI is InChI=1S/C19H23BrN2O3.C17H19BrN2O3.K.H2O/c1-5-25-18(23)17-14-7-6-12-10-16(24-4)13(8-11(2)3)9-15(12)22(14)19(20)21-17;1-9(2)6-11-7-13-10(8-14(11)23-3)4-5-12-15(16(21)22)19-17(18)20(12)13;;/h9-11H,5-8H2,1-4H3;7-9H,4-6H2,1-3H3,(H,21,22);;1H2/q;;+1;/p-1. The van der Waals surface area contributed by atoms with Crippen molar-refractivity contribution in [1.29, 1.82) is 0 Å². The Morgan fingerprint density at radius 3 is 1.58 bits per heavy atom. The minimum atomic E-state index is -0.987. The number of halogens is 2. The Labute approximate surface area is 352 Å². The van der Waals surface area contributed by atoms with E-state index < -0.39 is 5.97 Å². The number of rotatable bonds is 9. The van der Waals surface area contributed by atoms with Gasteiger partial charge in [0.05, 0.1) is 43.6 Å². The number of carboxylic acids is 1. The van der Waals surface area contributed by atoms with Gasteiger partial charge in [0.2, 0.25) is 0 Å². The predicted molar refractivity (Wildman–Crippen MR) is 192 cm³/mol. The summed E-state index contributed by atoms with van der Waals surface area (Å²) < 4.78 is 21.4. The number of ether oxygens (including phenoxy) is 3. The molecule has 14 heteroatoms. The fraction of sp³-hybridized carbons (Fsp3) is 0.444. The van der Waals surface area contributed by atoms with Crippen molar-refractivity contribution < 1.29 is 85.8 Å². The van der Waals surface area contributed by atoms with E-state index in [4.69, 9.17) is 14.2 Å². The molecule has 0 radical (unpaired) electrons. The number of methoxy groups -OCH3 is 2. The number of carbonyl (C=O) groups is 2. The van der Waals surface area contributed by atoms with E-state index in [1.54, 1.807) is 21.1 Å². The predicted octanol–water partition coefficient (Wildman–Crippen LogP) is 4.58. The molecule has 0 amide bonds. The van der Waals surface area contributed by atoms with Gasteiger partial charge < -0.3 is 24.8 Å². The third-order valence-corrected chi connectivity index (χ3v) is 9.56. The van der Waals surface area contributed by atoms with Gasteiger partial charge in [-0.25, -0.2) is 19.6 Å². The molecule has 2 aliphatic heterocycles. The molecule has 0 saturated heterocycles. The molecule has 0 unspecified atom stereocenters. The summed E-state index contributed by atoms with van der Waals surface area (Å²) in [5, 5.41) is 9.34. The molecule has 0 saturated carbocycles. The smallest absolute Gasteiger partial charge is 0.870 e.